The maximum absolute atomic E-state index is 10.2. The van der Waals surface area contributed by atoms with Crippen molar-refractivity contribution >= 4 is 11.3 Å². The summed E-state index contributed by atoms with van der Waals surface area (Å²) in [6.07, 6.45) is 3.94. The highest BCUT2D eigenvalue weighted by molar-refractivity contribution is 7.11. The molecular weight excluding hydrogens is 266 g/mol. The Balaban J connectivity index is 1.89. The van der Waals surface area contributed by atoms with Crippen LogP contribution in [0.25, 0.3) is 0 Å². The van der Waals surface area contributed by atoms with Crippen LogP contribution in [0.2, 0.25) is 0 Å². The number of aromatic nitrogens is 1. The number of nitrogens with zero attached hydrogens (tertiary/aromatic N) is 1. The van der Waals surface area contributed by atoms with E-state index in [0.29, 0.717) is 6.04 Å². The highest BCUT2D eigenvalue weighted by atomic mass is 32.1. The van der Waals surface area contributed by atoms with Gasteiger partial charge in [-0.15, -0.1) is 11.3 Å². The molecule has 1 aliphatic carbocycles. The van der Waals surface area contributed by atoms with E-state index < -0.39 is 0 Å². The topological polar surface area (TPSA) is 25.2 Å². The zero-order valence-electron chi connectivity index (χ0n) is 12.5. The molecule has 20 heavy (non-hydrogen) atoms. The van der Waals surface area contributed by atoms with Crippen LogP contribution in [0.1, 0.15) is 58.6 Å². The van der Waals surface area contributed by atoms with Crippen LogP contribution in [0.3, 0.4) is 0 Å². The van der Waals surface area contributed by atoms with Gasteiger partial charge in [0, 0.05) is 39.2 Å². The van der Waals surface area contributed by atoms with E-state index in [1.54, 1.807) is 0 Å². The summed E-state index contributed by atoms with van der Waals surface area (Å²) in [4.78, 5) is 2.84. The predicted octanol–water partition coefficient (Wildman–Crippen LogP) is 4.34. The highest BCUT2D eigenvalue weighted by Crippen LogP contribution is 2.35. The second kappa shape index (κ2) is 5.38. The first kappa shape index (κ1) is 13.9. The average Bonchev–Trinajstić information content (AvgIpc) is 2.93. The predicted molar refractivity (Wildman–Crippen MR) is 84.5 cm³/mol. The molecule has 0 radical (unpaired) electrons. The van der Waals surface area contributed by atoms with Crippen molar-refractivity contribution in [1.82, 2.24) is 4.57 Å². The molecule has 0 bridgehead atoms. The van der Waals surface area contributed by atoms with E-state index in [4.69, 9.17) is 0 Å². The van der Waals surface area contributed by atoms with E-state index in [9.17, 15) is 5.11 Å². The first-order chi connectivity index (χ1) is 9.56. The van der Waals surface area contributed by atoms with Crippen LogP contribution in [0, 0.1) is 13.8 Å². The maximum atomic E-state index is 10.2. The van der Waals surface area contributed by atoms with Gasteiger partial charge in [-0.2, -0.15) is 0 Å². The molecule has 2 aromatic rings. The van der Waals surface area contributed by atoms with E-state index in [1.807, 2.05) is 11.3 Å². The molecule has 2 unspecified atom stereocenters. The first-order valence-corrected chi connectivity index (χ1v) is 8.32. The minimum Gasteiger partial charge on any atom is -0.388 e. The van der Waals surface area contributed by atoms with Crippen LogP contribution in [-0.2, 0) is 12.8 Å². The molecule has 0 spiro atoms. The lowest BCUT2D eigenvalue weighted by Gasteiger charge is -2.24. The Morgan fingerprint density at radius 1 is 1.40 bits per heavy atom. The van der Waals surface area contributed by atoms with Crippen molar-refractivity contribution in [2.75, 3.05) is 0 Å². The second-order valence-electron chi connectivity index (χ2n) is 6.03. The summed E-state index contributed by atoms with van der Waals surface area (Å²) < 4.78 is 2.45. The van der Waals surface area contributed by atoms with Gasteiger partial charge in [0.15, 0.2) is 0 Å². The Bertz CT molecular complexity index is 611. The molecule has 2 atom stereocenters. The molecule has 2 nitrogen and oxygen atoms in total. The van der Waals surface area contributed by atoms with E-state index in [1.165, 1.54) is 26.7 Å². The van der Waals surface area contributed by atoms with Crippen LogP contribution in [-0.4, -0.2) is 9.67 Å². The molecular formula is C17H23NOS. The smallest absolute Gasteiger partial charge is 0.0807 e. The van der Waals surface area contributed by atoms with Crippen LogP contribution in [0.15, 0.2) is 18.2 Å². The summed E-state index contributed by atoms with van der Waals surface area (Å²) in [5.41, 5.74) is 3.82. The van der Waals surface area contributed by atoms with Crippen molar-refractivity contribution in [3.05, 3.63) is 44.9 Å². The van der Waals surface area contributed by atoms with Gasteiger partial charge in [-0.25, -0.2) is 0 Å². The second-order valence-corrected chi connectivity index (χ2v) is 7.40. The fourth-order valence-electron chi connectivity index (χ4n) is 3.49. The van der Waals surface area contributed by atoms with Crippen molar-refractivity contribution in [2.45, 2.75) is 58.6 Å². The monoisotopic (exact) mass is 289 g/mol. The number of aryl methyl sites for hydroxylation is 2. The third-order valence-corrected chi connectivity index (χ3v) is 5.37. The molecule has 2 heterocycles. The Labute approximate surface area is 125 Å². The molecule has 0 fully saturated rings. The molecule has 0 saturated carbocycles. The number of aliphatic hydroxyl groups is 1. The summed E-state index contributed by atoms with van der Waals surface area (Å²) in [6.45, 7) is 6.63. The molecule has 108 valence electrons. The molecule has 0 aliphatic heterocycles. The lowest BCUT2D eigenvalue weighted by molar-refractivity contribution is 0.155. The molecule has 0 saturated heterocycles. The number of rotatable bonds is 3. The SMILES string of the molecule is Cc1ccc(CC(C)n2c(C)cc3c2CCCC3O)s1. The molecule has 0 amide bonds. The zero-order valence-corrected chi connectivity index (χ0v) is 13.3. The number of aliphatic hydroxyl groups excluding tert-OH is 1. The number of thiophene rings is 1. The normalized spacial score (nSPS) is 19.9. The Kier molecular flexibility index (Phi) is 3.74. The Morgan fingerprint density at radius 3 is 2.90 bits per heavy atom. The lowest BCUT2D eigenvalue weighted by Crippen LogP contribution is -2.16. The van der Waals surface area contributed by atoms with Gasteiger partial charge in [-0.1, -0.05) is 0 Å². The van der Waals surface area contributed by atoms with E-state index >= 15 is 0 Å². The Hall–Kier alpha value is -1.06. The molecule has 3 heteroatoms. The van der Waals surface area contributed by atoms with Gasteiger partial charge in [-0.3, -0.25) is 0 Å². The van der Waals surface area contributed by atoms with E-state index in [0.717, 1.165) is 25.7 Å². The lowest BCUT2D eigenvalue weighted by atomic mass is 9.95. The highest BCUT2D eigenvalue weighted by Gasteiger charge is 2.25. The average molecular weight is 289 g/mol. The van der Waals surface area contributed by atoms with Gasteiger partial charge in [0.2, 0.25) is 0 Å². The van der Waals surface area contributed by atoms with Crippen molar-refractivity contribution < 1.29 is 5.11 Å². The van der Waals surface area contributed by atoms with Crippen molar-refractivity contribution in [2.24, 2.45) is 0 Å². The molecule has 3 rings (SSSR count). The molecule has 1 N–H and O–H groups in total. The van der Waals surface area contributed by atoms with Crippen LogP contribution in [0.4, 0.5) is 0 Å². The van der Waals surface area contributed by atoms with E-state index in [2.05, 4.69) is 43.5 Å². The maximum Gasteiger partial charge on any atom is 0.0807 e. The van der Waals surface area contributed by atoms with E-state index in [-0.39, 0.29) is 6.10 Å². The molecule has 1 aliphatic rings. The van der Waals surface area contributed by atoms with Crippen molar-refractivity contribution in [3.63, 3.8) is 0 Å². The fourth-order valence-corrected chi connectivity index (χ4v) is 4.50. The van der Waals surface area contributed by atoms with Gasteiger partial charge in [0.25, 0.3) is 0 Å². The molecule has 2 aromatic heterocycles. The fraction of sp³-hybridized carbons (Fsp3) is 0.529. The largest absolute Gasteiger partial charge is 0.388 e. The Morgan fingerprint density at radius 2 is 2.20 bits per heavy atom. The van der Waals surface area contributed by atoms with Gasteiger partial charge in [0.1, 0.15) is 0 Å². The van der Waals surface area contributed by atoms with Crippen LogP contribution in [0.5, 0.6) is 0 Å². The summed E-state index contributed by atoms with van der Waals surface area (Å²) in [5.74, 6) is 0. The summed E-state index contributed by atoms with van der Waals surface area (Å²) in [5, 5.41) is 10.2. The minimum atomic E-state index is -0.255. The standard InChI is InChI=1S/C17H23NOS/c1-11(9-14-8-7-13(3)20-14)18-12(2)10-15-16(18)5-4-6-17(15)19/h7-8,10-11,17,19H,4-6,9H2,1-3H3. The van der Waals surface area contributed by atoms with Gasteiger partial charge in [-0.05, 0) is 58.2 Å². The van der Waals surface area contributed by atoms with Gasteiger partial charge >= 0.3 is 0 Å². The van der Waals surface area contributed by atoms with Crippen LogP contribution >= 0.6 is 11.3 Å². The molecule has 0 aromatic carbocycles. The zero-order chi connectivity index (χ0) is 14.3. The van der Waals surface area contributed by atoms with Gasteiger partial charge in [0.05, 0.1) is 6.10 Å². The number of hydrogen-bond donors (Lipinski definition) is 1. The third-order valence-electron chi connectivity index (χ3n) is 4.35. The quantitative estimate of drug-likeness (QED) is 0.893. The first-order valence-electron chi connectivity index (χ1n) is 7.50. The third kappa shape index (κ3) is 2.45. The summed E-state index contributed by atoms with van der Waals surface area (Å²) >= 11 is 1.89. The number of hydrogen-bond acceptors (Lipinski definition) is 2. The summed E-state index contributed by atoms with van der Waals surface area (Å²) in [6, 6.07) is 7.10. The number of fused-ring (bicyclic) bond motifs is 1. The summed E-state index contributed by atoms with van der Waals surface area (Å²) in [7, 11) is 0. The van der Waals surface area contributed by atoms with Crippen molar-refractivity contribution in [1.29, 1.82) is 0 Å². The van der Waals surface area contributed by atoms with Crippen molar-refractivity contribution in [3.8, 4) is 0 Å². The minimum absolute atomic E-state index is 0.255. The van der Waals surface area contributed by atoms with Gasteiger partial charge < -0.3 is 9.67 Å². The van der Waals surface area contributed by atoms with Crippen LogP contribution < -0.4 is 0 Å².